The predicted molar refractivity (Wildman–Crippen MR) is 135 cm³/mol. The molecule has 170 valence electrons. The molecular formula is C27H28Cl2N4. The van der Waals surface area contributed by atoms with Crippen molar-refractivity contribution >= 4 is 34.5 Å². The fourth-order valence-electron chi connectivity index (χ4n) is 5.85. The van der Waals surface area contributed by atoms with Gasteiger partial charge in [0.25, 0.3) is 0 Å². The first-order chi connectivity index (χ1) is 16.0. The van der Waals surface area contributed by atoms with Crippen LogP contribution in [0.25, 0.3) is 11.4 Å². The molecule has 3 aliphatic rings. The van der Waals surface area contributed by atoms with Crippen LogP contribution in [0.1, 0.15) is 75.4 Å². The fraction of sp³-hybridized carbons (Fsp3) is 0.407. The van der Waals surface area contributed by atoms with Crippen LogP contribution in [0.5, 0.6) is 0 Å². The molecule has 1 N–H and O–H groups in total. The van der Waals surface area contributed by atoms with Gasteiger partial charge in [-0.3, -0.25) is 4.57 Å². The Labute approximate surface area is 205 Å². The van der Waals surface area contributed by atoms with Crippen LogP contribution in [0.3, 0.4) is 0 Å². The summed E-state index contributed by atoms with van der Waals surface area (Å²) in [6, 6.07) is 10.1. The molecule has 1 aliphatic heterocycles. The first kappa shape index (κ1) is 21.2. The highest BCUT2D eigenvalue weighted by molar-refractivity contribution is 6.35. The number of pyridine rings is 1. The number of hydrogen-bond acceptors (Lipinski definition) is 3. The second-order valence-corrected chi connectivity index (χ2v) is 10.8. The lowest BCUT2D eigenvalue weighted by Crippen LogP contribution is -2.44. The van der Waals surface area contributed by atoms with Gasteiger partial charge in [-0.2, -0.15) is 0 Å². The van der Waals surface area contributed by atoms with Crippen molar-refractivity contribution in [3.05, 3.63) is 75.4 Å². The van der Waals surface area contributed by atoms with Crippen LogP contribution in [0.15, 0.2) is 48.3 Å². The van der Waals surface area contributed by atoms with Crippen LogP contribution in [0, 0.1) is 5.92 Å². The molecule has 3 heterocycles. The smallest absolute Gasteiger partial charge is 0.161 e. The quantitative estimate of drug-likeness (QED) is 0.418. The van der Waals surface area contributed by atoms with E-state index in [0.29, 0.717) is 16.9 Å². The first-order valence-corrected chi connectivity index (χ1v) is 12.7. The highest BCUT2D eigenvalue weighted by atomic mass is 35.5. The summed E-state index contributed by atoms with van der Waals surface area (Å²) in [7, 11) is 0. The lowest BCUT2D eigenvalue weighted by Gasteiger charge is -2.45. The normalized spacial score (nSPS) is 23.3. The summed E-state index contributed by atoms with van der Waals surface area (Å²) in [5.41, 5.74) is 6.45. The minimum absolute atomic E-state index is 0.115. The zero-order valence-electron chi connectivity index (χ0n) is 19.0. The molecule has 2 saturated carbocycles. The Hall–Kier alpha value is -2.30. The Balaban J connectivity index is 1.35. The van der Waals surface area contributed by atoms with Crippen molar-refractivity contribution in [1.29, 1.82) is 0 Å². The van der Waals surface area contributed by atoms with E-state index in [1.165, 1.54) is 29.7 Å². The minimum Gasteiger partial charge on any atom is -0.371 e. The molecule has 2 aliphatic carbocycles. The number of nitrogens with one attached hydrogen (secondary N) is 1. The van der Waals surface area contributed by atoms with Crippen LogP contribution < -0.4 is 5.32 Å². The van der Waals surface area contributed by atoms with Gasteiger partial charge in [0, 0.05) is 22.2 Å². The first-order valence-electron chi connectivity index (χ1n) is 12.0. The van der Waals surface area contributed by atoms with Crippen molar-refractivity contribution < 1.29 is 0 Å². The molecule has 2 fully saturated rings. The van der Waals surface area contributed by atoms with Gasteiger partial charge in [-0.05, 0) is 79.8 Å². The number of nitrogens with zero attached hydrogens (tertiary/aromatic N) is 3. The molecular weight excluding hydrogens is 451 g/mol. The molecule has 33 heavy (non-hydrogen) atoms. The third-order valence-electron chi connectivity index (χ3n) is 7.52. The Morgan fingerprint density at radius 3 is 2.61 bits per heavy atom. The van der Waals surface area contributed by atoms with Crippen LogP contribution in [-0.4, -0.2) is 14.5 Å². The zero-order chi connectivity index (χ0) is 22.7. The topological polar surface area (TPSA) is 42.7 Å². The maximum Gasteiger partial charge on any atom is 0.161 e. The molecule has 0 atom stereocenters. The Bertz CT molecular complexity index is 1260. The molecule has 0 unspecified atom stereocenters. The van der Waals surface area contributed by atoms with Gasteiger partial charge in [-0.25, -0.2) is 9.97 Å². The zero-order valence-corrected chi connectivity index (χ0v) is 20.5. The van der Waals surface area contributed by atoms with E-state index in [2.05, 4.69) is 42.1 Å². The van der Waals surface area contributed by atoms with Gasteiger partial charge in [0.15, 0.2) is 5.82 Å². The van der Waals surface area contributed by atoms with E-state index in [-0.39, 0.29) is 5.54 Å². The van der Waals surface area contributed by atoms with Gasteiger partial charge >= 0.3 is 0 Å². The van der Waals surface area contributed by atoms with Crippen molar-refractivity contribution in [2.24, 2.45) is 5.92 Å². The van der Waals surface area contributed by atoms with E-state index in [1.807, 2.05) is 24.4 Å². The summed E-state index contributed by atoms with van der Waals surface area (Å²) in [4.78, 5) is 9.56. The molecule has 0 saturated heterocycles. The lowest BCUT2D eigenvalue weighted by atomic mass is 9.70. The molecule has 6 heteroatoms. The number of imidazole rings is 1. The summed E-state index contributed by atoms with van der Waals surface area (Å²) in [5, 5.41) is 5.37. The third-order valence-corrected chi connectivity index (χ3v) is 8.07. The van der Waals surface area contributed by atoms with Crippen molar-refractivity contribution in [1.82, 2.24) is 14.5 Å². The van der Waals surface area contributed by atoms with E-state index in [9.17, 15) is 0 Å². The van der Waals surface area contributed by atoms with Crippen molar-refractivity contribution in [3.63, 3.8) is 0 Å². The number of allylic oxidation sites excluding steroid dienone is 2. The SMILES string of the molecule is CC(C)c1ncc2n1-c1ncccc1NC21CCC(C(=C2CC2)c2ccc(Cl)cc2Cl)CC1. The van der Waals surface area contributed by atoms with Crippen LogP contribution in [0.4, 0.5) is 5.69 Å². The van der Waals surface area contributed by atoms with E-state index < -0.39 is 0 Å². The van der Waals surface area contributed by atoms with Crippen molar-refractivity contribution in [2.75, 3.05) is 5.32 Å². The summed E-state index contributed by atoms with van der Waals surface area (Å²) < 4.78 is 2.31. The summed E-state index contributed by atoms with van der Waals surface area (Å²) >= 11 is 12.9. The Morgan fingerprint density at radius 1 is 1.12 bits per heavy atom. The molecule has 6 rings (SSSR count). The second-order valence-electron chi connectivity index (χ2n) is 9.99. The Morgan fingerprint density at radius 2 is 1.91 bits per heavy atom. The second kappa shape index (κ2) is 7.89. The lowest BCUT2D eigenvalue weighted by molar-refractivity contribution is 0.279. The van der Waals surface area contributed by atoms with Gasteiger partial charge in [0.2, 0.25) is 0 Å². The summed E-state index contributed by atoms with van der Waals surface area (Å²) in [5.74, 6) is 2.90. The van der Waals surface area contributed by atoms with Crippen LogP contribution in [-0.2, 0) is 5.54 Å². The predicted octanol–water partition coefficient (Wildman–Crippen LogP) is 7.76. The maximum absolute atomic E-state index is 6.66. The fourth-order valence-corrected chi connectivity index (χ4v) is 6.36. The number of hydrogen-bond donors (Lipinski definition) is 1. The van der Waals surface area contributed by atoms with E-state index in [4.69, 9.17) is 33.2 Å². The number of rotatable bonds is 3. The van der Waals surface area contributed by atoms with Gasteiger partial charge in [0.1, 0.15) is 5.82 Å². The van der Waals surface area contributed by atoms with Crippen LogP contribution in [0.2, 0.25) is 10.0 Å². The maximum atomic E-state index is 6.66. The number of anilines is 1. The van der Waals surface area contributed by atoms with E-state index in [1.54, 1.807) is 5.57 Å². The number of benzene rings is 1. The largest absolute Gasteiger partial charge is 0.371 e. The van der Waals surface area contributed by atoms with Crippen molar-refractivity contribution in [3.8, 4) is 5.82 Å². The van der Waals surface area contributed by atoms with E-state index in [0.717, 1.165) is 48.0 Å². The molecule has 0 bridgehead atoms. The average molecular weight is 479 g/mol. The summed E-state index contributed by atoms with van der Waals surface area (Å²) in [6.45, 7) is 4.40. The number of halogens is 2. The standard InChI is InChI=1S/C27H28Cl2N4/c1-16(2)25-31-15-23-27(32-22-4-3-13-30-26(22)33(23)25)11-9-18(10-12-27)24(17-5-6-17)20-8-7-19(28)14-21(20)29/h3-4,7-8,13-16,18,32H,5-6,9-12H2,1-2H3. The summed E-state index contributed by atoms with van der Waals surface area (Å²) in [6.07, 6.45) is 10.7. The minimum atomic E-state index is -0.115. The number of fused-ring (bicyclic) bond motifs is 4. The van der Waals surface area contributed by atoms with E-state index >= 15 is 0 Å². The molecule has 2 aromatic heterocycles. The highest BCUT2D eigenvalue weighted by Crippen LogP contribution is 2.52. The van der Waals surface area contributed by atoms with Gasteiger partial charge in [-0.1, -0.05) is 48.7 Å². The van der Waals surface area contributed by atoms with Gasteiger partial charge < -0.3 is 5.32 Å². The van der Waals surface area contributed by atoms with Gasteiger partial charge in [-0.15, -0.1) is 0 Å². The molecule has 0 radical (unpaired) electrons. The Kier molecular flexibility index (Phi) is 5.08. The third kappa shape index (κ3) is 3.50. The highest BCUT2D eigenvalue weighted by Gasteiger charge is 2.45. The van der Waals surface area contributed by atoms with Gasteiger partial charge in [0.05, 0.1) is 23.1 Å². The monoisotopic (exact) mass is 478 g/mol. The number of aromatic nitrogens is 3. The molecule has 0 amide bonds. The molecule has 4 nitrogen and oxygen atoms in total. The average Bonchev–Trinajstić information content (AvgIpc) is 3.52. The van der Waals surface area contributed by atoms with Crippen molar-refractivity contribution in [2.45, 2.75) is 63.8 Å². The molecule has 3 aromatic rings. The molecule has 1 aromatic carbocycles. The molecule has 1 spiro atoms. The van der Waals surface area contributed by atoms with Crippen LogP contribution >= 0.6 is 23.2 Å².